The summed E-state index contributed by atoms with van der Waals surface area (Å²) in [6, 6.07) is 3.70. The number of ether oxygens (including phenoxy) is 1. The molecular formula is C14H17ClN2O4. The molecule has 0 saturated heterocycles. The normalized spacial score (nSPS) is 21.0. The fraction of sp³-hybridized carbons (Fsp3) is 0.429. The summed E-state index contributed by atoms with van der Waals surface area (Å²) in [6.07, 6.45) is 2.72. The van der Waals surface area contributed by atoms with E-state index in [1.54, 1.807) is 7.11 Å². The second kappa shape index (κ2) is 6.78. The summed E-state index contributed by atoms with van der Waals surface area (Å²) in [4.78, 5) is 23.1. The molecule has 2 unspecified atom stereocenters. The first-order valence-corrected chi connectivity index (χ1v) is 7.02. The molecule has 2 amide bonds. The largest absolute Gasteiger partial charge is 0.478 e. The standard InChI is InChI=1S/C14H17ClN2O4/c1-21-12-4-2-3-10(12)16-14(20)17-11-7-8(15)5-6-9(11)13(18)19/h5-7,10,12H,2-4H2,1H3,(H,18,19)(H2,16,17,20). The van der Waals surface area contributed by atoms with Gasteiger partial charge in [0.25, 0.3) is 0 Å². The van der Waals surface area contributed by atoms with Gasteiger partial charge in [-0.05, 0) is 37.5 Å². The molecule has 0 bridgehead atoms. The van der Waals surface area contributed by atoms with Crippen molar-refractivity contribution >= 4 is 29.3 Å². The first-order valence-electron chi connectivity index (χ1n) is 6.64. The first-order chi connectivity index (χ1) is 10.0. The van der Waals surface area contributed by atoms with Crippen LogP contribution < -0.4 is 10.6 Å². The van der Waals surface area contributed by atoms with Gasteiger partial charge in [0.05, 0.1) is 23.4 Å². The Morgan fingerprint density at radius 1 is 1.38 bits per heavy atom. The number of urea groups is 1. The van der Waals surface area contributed by atoms with Crippen LogP contribution in [-0.4, -0.2) is 36.4 Å². The molecule has 0 aliphatic heterocycles. The number of anilines is 1. The van der Waals surface area contributed by atoms with Crippen LogP contribution in [0, 0.1) is 0 Å². The number of amides is 2. The zero-order chi connectivity index (χ0) is 15.4. The molecule has 7 heteroatoms. The van der Waals surface area contributed by atoms with Crippen LogP contribution in [0.5, 0.6) is 0 Å². The minimum absolute atomic E-state index is 0.00550. The lowest BCUT2D eigenvalue weighted by atomic mass is 10.2. The van der Waals surface area contributed by atoms with Crippen molar-refractivity contribution < 1.29 is 19.4 Å². The molecule has 3 N–H and O–H groups in total. The SMILES string of the molecule is COC1CCCC1NC(=O)Nc1cc(Cl)ccc1C(=O)O. The Morgan fingerprint density at radius 3 is 2.81 bits per heavy atom. The van der Waals surface area contributed by atoms with Gasteiger partial charge in [0.1, 0.15) is 0 Å². The Kier molecular flexibility index (Phi) is 5.03. The van der Waals surface area contributed by atoms with Crippen molar-refractivity contribution in [2.75, 3.05) is 12.4 Å². The summed E-state index contributed by atoms with van der Waals surface area (Å²) in [7, 11) is 1.61. The van der Waals surface area contributed by atoms with E-state index in [4.69, 9.17) is 21.4 Å². The summed E-state index contributed by atoms with van der Waals surface area (Å²) in [5.41, 5.74) is 0.156. The van der Waals surface area contributed by atoms with Crippen molar-refractivity contribution in [2.45, 2.75) is 31.4 Å². The molecule has 0 spiro atoms. The summed E-state index contributed by atoms with van der Waals surface area (Å²) in [5, 5.41) is 14.8. The second-order valence-electron chi connectivity index (χ2n) is 4.91. The third kappa shape index (κ3) is 3.86. The number of hydrogen-bond donors (Lipinski definition) is 3. The lowest BCUT2D eigenvalue weighted by Crippen LogP contribution is -2.43. The molecule has 1 aromatic rings. The highest BCUT2D eigenvalue weighted by Crippen LogP contribution is 2.23. The molecule has 1 saturated carbocycles. The van der Waals surface area contributed by atoms with Gasteiger partial charge >= 0.3 is 12.0 Å². The minimum Gasteiger partial charge on any atom is -0.478 e. The maximum atomic E-state index is 12.0. The van der Waals surface area contributed by atoms with E-state index < -0.39 is 12.0 Å². The number of carboxylic acids is 1. The maximum absolute atomic E-state index is 12.0. The van der Waals surface area contributed by atoms with E-state index in [0.29, 0.717) is 5.02 Å². The average Bonchev–Trinajstić information content (AvgIpc) is 2.85. The van der Waals surface area contributed by atoms with Crippen molar-refractivity contribution in [3.63, 3.8) is 0 Å². The van der Waals surface area contributed by atoms with Crippen molar-refractivity contribution in [3.05, 3.63) is 28.8 Å². The summed E-state index contributed by atoms with van der Waals surface area (Å²) in [5.74, 6) is -1.13. The monoisotopic (exact) mass is 312 g/mol. The molecule has 1 aromatic carbocycles. The predicted molar refractivity (Wildman–Crippen MR) is 79.0 cm³/mol. The van der Waals surface area contributed by atoms with Gasteiger partial charge < -0.3 is 20.5 Å². The number of methoxy groups -OCH3 is 1. The highest BCUT2D eigenvalue weighted by Gasteiger charge is 2.28. The second-order valence-corrected chi connectivity index (χ2v) is 5.34. The highest BCUT2D eigenvalue weighted by molar-refractivity contribution is 6.31. The zero-order valence-corrected chi connectivity index (χ0v) is 12.3. The number of nitrogens with one attached hydrogen (secondary N) is 2. The molecule has 0 heterocycles. The molecule has 0 radical (unpaired) electrons. The Bertz CT molecular complexity index is 550. The zero-order valence-electron chi connectivity index (χ0n) is 11.6. The fourth-order valence-corrected chi connectivity index (χ4v) is 2.68. The van der Waals surface area contributed by atoms with Gasteiger partial charge in [0.15, 0.2) is 0 Å². The molecule has 1 aliphatic carbocycles. The van der Waals surface area contributed by atoms with Crippen LogP contribution in [-0.2, 0) is 4.74 Å². The molecule has 1 fully saturated rings. The average molecular weight is 313 g/mol. The predicted octanol–water partition coefficient (Wildman–Crippen LogP) is 2.73. The number of benzene rings is 1. The Morgan fingerprint density at radius 2 is 2.14 bits per heavy atom. The van der Waals surface area contributed by atoms with Crippen molar-refractivity contribution in [1.29, 1.82) is 0 Å². The molecule has 6 nitrogen and oxygen atoms in total. The number of halogens is 1. The number of aromatic carboxylic acids is 1. The number of carboxylic acid groups (broad SMARTS) is 1. The summed E-state index contributed by atoms with van der Waals surface area (Å²) >= 11 is 5.84. The van der Waals surface area contributed by atoms with Gasteiger partial charge in [-0.25, -0.2) is 9.59 Å². The highest BCUT2D eigenvalue weighted by atomic mass is 35.5. The van der Waals surface area contributed by atoms with Gasteiger partial charge in [0, 0.05) is 12.1 Å². The molecular weight excluding hydrogens is 296 g/mol. The van der Waals surface area contributed by atoms with Crippen LogP contribution in [0.15, 0.2) is 18.2 Å². The van der Waals surface area contributed by atoms with Crippen LogP contribution in [0.25, 0.3) is 0 Å². The number of hydrogen-bond acceptors (Lipinski definition) is 3. The minimum atomic E-state index is -1.13. The Labute approximate surface area is 127 Å². The Hall–Kier alpha value is -1.79. The Balaban J connectivity index is 2.06. The van der Waals surface area contributed by atoms with E-state index in [2.05, 4.69) is 10.6 Å². The van der Waals surface area contributed by atoms with Gasteiger partial charge in [-0.1, -0.05) is 11.6 Å². The van der Waals surface area contributed by atoms with E-state index in [0.717, 1.165) is 19.3 Å². The molecule has 1 aliphatic rings. The van der Waals surface area contributed by atoms with Crippen molar-refractivity contribution in [1.82, 2.24) is 5.32 Å². The first kappa shape index (κ1) is 15.6. The van der Waals surface area contributed by atoms with Crippen LogP contribution in [0.4, 0.5) is 10.5 Å². The maximum Gasteiger partial charge on any atom is 0.337 e. The van der Waals surface area contributed by atoms with Crippen LogP contribution >= 0.6 is 11.6 Å². The van der Waals surface area contributed by atoms with E-state index >= 15 is 0 Å². The third-order valence-electron chi connectivity index (χ3n) is 3.53. The van der Waals surface area contributed by atoms with E-state index in [-0.39, 0.29) is 23.4 Å². The number of carbonyl (C=O) groups is 2. The molecule has 21 heavy (non-hydrogen) atoms. The summed E-state index contributed by atoms with van der Waals surface area (Å²) in [6.45, 7) is 0. The lowest BCUT2D eigenvalue weighted by Gasteiger charge is -2.20. The molecule has 2 rings (SSSR count). The van der Waals surface area contributed by atoms with Crippen LogP contribution in [0.3, 0.4) is 0 Å². The van der Waals surface area contributed by atoms with Crippen molar-refractivity contribution in [3.8, 4) is 0 Å². The fourth-order valence-electron chi connectivity index (χ4n) is 2.51. The molecule has 114 valence electrons. The topological polar surface area (TPSA) is 87.7 Å². The van der Waals surface area contributed by atoms with Crippen molar-refractivity contribution in [2.24, 2.45) is 0 Å². The van der Waals surface area contributed by atoms with Gasteiger partial charge in [-0.15, -0.1) is 0 Å². The quantitative estimate of drug-likeness (QED) is 0.797. The van der Waals surface area contributed by atoms with E-state index in [1.807, 2.05) is 0 Å². The van der Waals surface area contributed by atoms with E-state index in [1.165, 1.54) is 18.2 Å². The third-order valence-corrected chi connectivity index (χ3v) is 3.77. The van der Waals surface area contributed by atoms with Gasteiger partial charge in [-0.2, -0.15) is 0 Å². The smallest absolute Gasteiger partial charge is 0.337 e. The van der Waals surface area contributed by atoms with Gasteiger partial charge in [-0.3, -0.25) is 0 Å². The van der Waals surface area contributed by atoms with E-state index in [9.17, 15) is 9.59 Å². The van der Waals surface area contributed by atoms with Gasteiger partial charge in [0.2, 0.25) is 0 Å². The summed E-state index contributed by atoms with van der Waals surface area (Å²) < 4.78 is 5.30. The number of rotatable bonds is 4. The lowest BCUT2D eigenvalue weighted by molar-refractivity contribution is 0.0698. The number of carbonyl (C=O) groups excluding carboxylic acids is 1. The molecule has 2 atom stereocenters. The van der Waals surface area contributed by atoms with Crippen LogP contribution in [0.1, 0.15) is 29.6 Å². The van der Waals surface area contributed by atoms with Crippen LogP contribution in [0.2, 0.25) is 5.02 Å². The molecule has 0 aromatic heterocycles.